The summed E-state index contributed by atoms with van der Waals surface area (Å²) in [4.78, 5) is 12.2. The van der Waals surface area contributed by atoms with Gasteiger partial charge in [-0.1, -0.05) is 6.07 Å². The Balaban J connectivity index is 1.81. The summed E-state index contributed by atoms with van der Waals surface area (Å²) in [5.41, 5.74) is 3.89. The molecule has 0 saturated heterocycles. The van der Waals surface area contributed by atoms with Crippen LogP contribution in [0, 0.1) is 0 Å². The van der Waals surface area contributed by atoms with Crippen molar-refractivity contribution in [2.45, 2.75) is 12.8 Å². The molecule has 0 saturated carbocycles. The third-order valence-corrected chi connectivity index (χ3v) is 3.94. The van der Waals surface area contributed by atoms with Crippen LogP contribution >= 0.6 is 15.9 Å². The molecule has 0 spiro atoms. The summed E-state index contributed by atoms with van der Waals surface area (Å²) in [6.45, 7) is 0.995. The van der Waals surface area contributed by atoms with Crippen LogP contribution in [0.25, 0.3) is 0 Å². The second-order valence-corrected chi connectivity index (χ2v) is 5.93. The first-order valence-corrected chi connectivity index (χ1v) is 7.43. The number of nitrogens with one attached hydrogen (secondary N) is 2. The molecule has 2 aromatic rings. The molecule has 1 aromatic carbocycles. The number of nitrogens with zero attached hydrogens (tertiary/aromatic N) is 1. The number of rotatable bonds is 2. The number of halogens is 1. The van der Waals surface area contributed by atoms with Crippen LogP contribution in [0.3, 0.4) is 0 Å². The Morgan fingerprint density at radius 3 is 3.00 bits per heavy atom. The van der Waals surface area contributed by atoms with Crippen molar-refractivity contribution < 1.29 is 4.79 Å². The summed E-state index contributed by atoms with van der Waals surface area (Å²) in [6, 6.07) is 7.86. The van der Waals surface area contributed by atoms with E-state index in [0.29, 0.717) is 5.69 Å². The van der Waals surface area contributed by atoms with Crippen molar-refractivity contribution in [3.8, 4) is 0 Å². The quantitative estimate of drug-likeness (QED) is 0.884. The summed E-state index contributed by atoms with van der Waals surface area (Å²) in [6.07, 6.45) is 4.13. The van der Waals surface area contributed by atoms with Crippen LogP contribution in [-0.4, -0.2) is 17.0 Å². The number of aromatic nitrogens is 1. The Morgan fingerprint density at radius 1 is 1.40 bits per heavy atom. The molecule has 20 heavy (non-hydrogen) atoms. The molecule has 104 valence electrons. The summed E-state index contributed by atoms with van der Waals surface area (Å²) in [5, 5.41) is 6.31. The van der Waals surface area contributed by atoms with Gasteiger partial charge in [-0.2, -0.15) is 0 Å². The standard InChI is InChI=1S/C15H16BrN3O/c1-19-9-11(16)7-14(19)15(20)18-12-5-4-10-3-2-6-17-13(10)8-12/h4-5,7-9,17H,2-3,6H2,1H3,(H,18,20). The van der Waals surface area contributed by atoms with Crippen LogP contribution in [-0.2, 0) is 13.5 Å². The summed E-state index contributed by atoms with van der Waals surface area (Å²) in [7, 11) is 1.86. The highest BCUT2D eigenvalue weighted by atomic mass is 79.9. The van der Waals surface area contributed by atoms with Gasteiger partial charge in [0.25, 0.3) is 5.91 Å². The molecule has 0 fully saturated rings. The van der Waals surface area contributed by atoms with Crippen LogP contribution < -0.4 is 10.6 Å². The minimum absolute atomic E-state index is 0.103. The van der Waals surface area contributed by atoms with Crippen LogP contribution in [0.1, 0.15) is 22.5 Å². The molecule has 5 heteroatoms. The smallest absolute Gasteiger partial charge is 0.272 e. The number of benzene rings is 1. The minimum atomic E-state index is -0.103. The number of amides is 1. The van der Waals surface area contributed by atoms with Crippen molar-refractivity contribution in [2.24, 2.45) is 7.05 Å². The first-order chi connectivity index (χ1) is 9.63. The molecule has 1 aromatic heterocycles. The molecule has 3 rings (SSSR count). The fraction of sp³-hybridized carbons (Fsp3) is 0.267. The first-order valence-electron chi connectivity index (χ1n) is 6.63. The van der Waals surface area contributed by atoms with Gasteiger partial charge in [-0.25, -0.2) is 0 Å². The molecule has 1 amide bonds. The summed E-state index contributed by atoms with van der Waals surface area (Å²) >= 11 is 3.38. The van der Waals surface area contributed by atoms with Gasteiger partial charge in [-0.15, -0.1) is 0 Å². The maximum atomic E-state index is 12.2. The maximum Gasteiger partial charge on any atom is 0.272 e. The van der Waals surface area contributed by atoms with Gasteiger partial charge in [0, 0.05) is 35.6 Å². The second kappa shape index (κ2) is 5.32. The third kappa shape index (κ3) is 2.58. The highest BCUT2D eigenvalue weighted by molar-refractivity contribution is 9.10. The zero-order valence-electron chi connectivity index (χ0n) is 11.2. The zero-order valence-corrected chi connectivity index (χ0v) is 12.8. The van der Waals surface area contributed by atoms with E-state index in [9.17, 15) is 4.79 Å². The average molecular weight is 334 g/mol. The van der Waals surface area contributed by atoms with E-state index < -0.39 is 0 Å². The van der Waals surface area contributed by atoms with Gasteiger partial charge in [0.05, 0.1) is 0 Å². The molecule has 1 aliphatic heterocycles. The number of hydrogen-bond donors (Lipinski definition) is 2. The van der Waals surface area contributed by atoms with E-state index in [-0.39, 0.29) is 5.91 Å². The molecule has 0 unspecified atom stereocenters. The van der Waals surface area contributed by atoms with E-state index in [4.69, 9.17) is 0 Å². The van der Waals surface area contributed by atoms with E-state index in [2.05, 4.69) is 32.6 Å². The molecule has 0 bridgehead atoms. The molecule has 1 aliphatic rings. The number of aryl methyl sites for hydroxylation is 2. The monoisotopic (exact) mass is 333 g/mol. The Morgan fingerprint density at radius 2 is 2.25 bits per heavy atom. The average Bonchev–Trinajstić information content (AvgIpc) is 2.78. The summed E-state index contributed by atoms with van der Waals surface area (Å²) < 4.78 is 2.70. The van der Waals surface area contributed by atoms with Crippen molar-refractivity contribution in [1.29, 1.82) is 0 Å². The maximum absolute atomic E-state index is 12.2. The van der Waals surface area contributed by atoms with E-state index in [1.54, 1.807) is 4.57 Å². The highest BCUT2D eigenvalue weighted by Gasteiger charge is 2.13. The van der Waals surface area contributed by atoms with Gasteiger partial charge in [0.1, 0.15) is 5.69 Å². The number of carbonyl (C=O) groups is 1. The predicted octanol–water partition coefficient (Wildman–Crippen LogP) is 3.40. The van der Waals surface area contributed by atoms with Crippen LogP contribution in [0.5, 0.6) is 0 Å². The molecular formula is C15H16BrN3O. The van der Waals surface area contributed by atoms with E-state index in [1.807, 2.05) is 31.4 Å². The number of carbonyl (C=O) groups excluding carboxylic acids is 1. The molecular weight excluding hydrogens is 318 g/mol. The topological polar surface area (TPSA) is 46.1 Å². The summed E-state index contributed by atoms with van der Waals surface area (Å²) in [5.74, 6) is -0.103. The SMILES string of the molecule is Cn1cc(Br)cc1C(=O)Nc1ccc2c(c1)NCCC2. The van der Waals surface area contributed by atoms with E-state index >= 15 is 0 Å². The van der Waals surface area contributed by atoms with Crippen molar-refractivity contribution in [1.82, 2.24) is 4.57 Å². The van der Waals surface area contributed by atoms with Crippen molar-refractivity contribution in [3.63, 3.8) is 0 Å². The van der Waals surface area contributed by atoms with Crippen LogP contribution in [0.4, 0.5) is 11.4 Å². The Labute approximate surface area is 126 Å². The molecule has 0 radical (unpaired) electrons. The molecule has 2 heterocycles. The van der Waals surface area contributed by atoms with Gasteiger partial charge in [0.2, 0.25) is 0 Å². The molecule has 0 atom stereocenters. The Kier molecular flexibility index (Phi) is 3.53. The molecule has 2 N–H and O–H groups in total. The lowest BCUT2D eigenvalue weighted by Gasteiger charge is -2.18. The largest absolute Gasteiger partial charge is 0.385 e. The Hall–Kier alpha value is -1.75. The van der Waals surface area contributed by atoms with Crippen LogP contribution in [0.2, 0.25) is 0 Å². The molecule has 4 nitrogen and oxygen atoms in total. The number of fused-ring (bicyclic) bond motifs is 1. The number of hydrogen-bond acceptors (Lipinski definition) is 2. The van der Waals surface area contributed by atoms with Crippen molar-refractivity contribution in [3.05, 3.63) is 46.2 Å². The van der Waals surface area contributed by atoms with Gasteiger partial charge in [-0.05, 0) is 52.5 Å². The van der Waals surface area contributed by atoms with Crippen LogP contribution in [0.15, 0.2) is 34.9 Å². The Bertz CT molecular complexity index is 663. The minimum Gasteiger partial charge on any atom is -0.385 e. The molecule has 0 aliphatic carbocycles. The van der Waals surface area contributed by atoms with Gasteiger partial charge < -0.3 is 15.2 Å². The zero-order chi connectivity index (χ0) is 14.1. The first kappa shape index (κ1) is 13.2. The fourth-order valence-electron chi connectivity index (χ4n) is 2.48. The van der Waals surface area contributed by atoms with E-state index in [0.717, 1.165) is 35.2 Å². The lowest BCUT2D eigenvalue weighted by atomic mass is 10.0. The van der Waals surface area contributed by atoms with E-state index in [1.165, 1.54) is 5.56 Å². The normalized spacial score (nSPS) is 13.5. The fourth-order valence-corrected chi connectivity index (χ4v) is 3.01. The highest BCUT2D eigenvalue weighted by Crippen LogP contribution is 2.25. The van der Waals surface area contributed by atoms with Gasteiger partial charge in [-0.3, -0.25) is 4.79 Å². The second-order valence-electron chi connectivity index (χ2n) is 5.01. The number of anilines is 2. The predicted molar refractivity (Wildman–Crippen MR) is 84.3 cm³/mol. The lowest BCUT2D eigenvalue weighted by Crippen LogP contribution is -2.16. The third-order valence-electron chi connectivity index (χ3n) is 3.51. The lowest BCUT2D eigenvalue weighted by molar-refractivity contribution is 0.101. The van der Waals surface area contributed by atoms with Crippen molar-refractivity contribution in [2.75, 3.05) is 17.2 Å². The van der Waals surface area contributed by atoms with Crippen molar-refractivity contribution >= 4 is 33.2 Å². The van der Waals surface area contributed by atoms with Gasteiger partial charge >= 0.3 is 0 Å². The van der Waals surface area contributed by atoms with Gasteiger partial charge in [0.15, 0.2) is 0 Å².